The summed E-state index contributed by atoms with van der Waals surface area (Å²) >= 11 is 7.14. The minimum Gasteiger partial charge on any atom is -0.290 e. The van der Waals surface area contributed by atoms with Gasteiger partial charge in [-0.2, -0.15) is 0 Å². The monoisotopic (exact) mass is 585 g/mol. The molecule has 6 aromatic carbocycles. The summed E-state index contributed by atoms with van der Waals surface area (Å²) in [5.41, 5.74) is 9.74. The number of aromatic nitrogens is 3. The van der Waals surface area contributed by atoms with E-state index < -0.39 is 0 Å². The van der Waals surface area contributed by atoms with Crippen molar-refractivity contribution in [2.45, 2.75) is 37.5 Å². The predicted molar refractivity (Wildman–Crippen MR) is 183 cm³/mol. The molecule has 44 heavy (non-hydrogen) atoms. The van der Waals surface area contributed by atoms with Crippen LogP contribution in [0, 0.1) is 0 Å². The van der Waals surface area contributed by atoms with Gasteiger partial charge in [0.1, 0.15) is 0 Å². The molecule has 2 heterocycles. The first-order valence-corrected chi connectivity index (χ1v) is 16.1. The second-order valence-electron chi connectivity index (χ2n) is 12.6. The summed E-state index contributed by atoms with van der Waals surface area (Å²) in [7, 11) is 0. The van der Waals surface area contributed by atoms with Gasteiger partial charge in [-0.1, -0.05) is 128 Å². The van der Waals surface area contributed by atoms with E-state index in [4.69, 9.17) is 21.6 Å². The minimum absolute atomic E-state index is 0.0178. The molecule has 0 N–H and O–H groups in total. The van der Waals surface area contributed by atoms with Crippen molar-refractivity contribution in [1.82, 2.24) is 14.5 Å². The Morgan fingerprint density at radius 1 is 0.591 bits per heavy atom. The van der Waals surface area contributed by atoms with Crippen molar-refractivity contribution < 1.29 is 0 Å². The highest BCUT2D eigenvalue weighted by molar-refractivity contribution is 6.33. The van der Waals surface area contributed by atoms with E-state index in [0.717, 1.165) is 16.6 Å². The van der Waals surface area contributed by atoms with E-state index in [1.54, 1.807) is 0 Å². The fraction of sp³-hybridized carbons (Fsp3) is 0.150. The van der Waals surface area contributed by atoms with Gasteiger partial charge in [-0.05, 0) is 58.0 Å². The lowest BCUT2D eigenvalue weighted by Gasteiger charge is -2.36. The van der Waals surface area contributed by atoms with E-state index in [0.29, 0.717) is 11.0 Å². The van der Waals surface area contributed by atoms with Crippen molar-refractivity contribution in [2.75, 3.05) is 0 Å². The highest BCUT2D eigenvalue weighted by Gasteiger charge is 2.46. The van der Waals surface area contributed by atoms with Crippen molar-refractivity contribution in [2.24, 2.45) is 0 Å². The number of fused-ring (bicyclic) bond motifs is 15. The average molecular weight is 586 g/mol. The van der Waals surface area contributed by atoms with Crippen LogP contribution in [0.2, 0.25) is 5.15 Å². The van der Waals surface area contributed by atoms with Crippen LogP contribution in [-0.4, -0.2) is 14.5 Å². The van der Waals surface area contributed by atoms with E-state index >= 15 is 0 Å². The molecule has 0 radical (unpaired) electrons. The maximum Gasteiger partial charge on any atom is 0.176 e. The number of hydrogen-bond donors (Lipinski definition) is 0. The second-order valence-corrected chi connectivity index (χ2v) is 12.9. The summed E-state index contributed by atoms with van der Waals surface area (Å²) in [4.78, 5) is 10.1. The van der Waals surface area contributed by atoms with Crippen molar-refractivity contribution in [3.8, 4) is 16.9 Å². The summed E-state index contributed by atoms with van der Waals surface area (Å²) in [6, 6.07) is 39.5. The molecule has 0 bridgehead atoms. The van der Waals surface area contributed by atoms with Gasteiger partial charge < -0.3 is 0 Å². The summed E-state index contributed by atoms with van der Waals surface area (Å²) in [5, 5.41) is 7.91. The van der Waals surface area contributed by atoms with Gasteiger partial charge in [0.25, 0.3) is 0 Å². The Morgan fingerprint density at radius 3 is 2.11 bits per heavy atom. The van der Waals surface area contributed by atoms with Crippen LogP contribution >= 0.6 is 11.6 Å². The molecule has 0 aliphatic heterocycles. The summed E-state index contributed by atoms with van der Waals surface area (Å²) in [6.07, 6.45) is 6.12. The van der Waals surface area contributed by atoms with Crippen LogP contribution < -0.4 is 0 Å². The third-order valence-electron chi connectivity index (χ3n) is 10.4. The lowest BCUT2D eigenvalue weighted by atomic mass is 9.66. The maximum atomic E-state index is 7.14. The predicted octanol–water partition coefficient (Wildman–Crippen LogP) is 10.9. The van der Waals surface area contributed by atoms with Gasteiger partial charge in [-0.15, -0.1) is 0 Å². The number of para-hydroxylation sites is 2. The SMILES string of the molecule is Clc1nc2ccccc2nc1-n1c2c3ccccc3ccc2c2c3c(c4ccccc4c21)-c1ccccc1C31CCCCC1. The minimum atomic E-state index is -0.0178. The maximum absolute atomic E-state index is 7.14. The molecule has 0 unspecified atom stereocenters. The molecular formula is C40H28ClN3. The zero-order valence-electron chi connectivity index (χ0n) is 24.1. The first kappa shape index (κ1) is 24.7. The zero-order valence-corrected chi connectivity index (χ0v) is 24.9. The molecule has 1 saturated carbocycles. The Hall–Kier alpha value is -4.73. The molecule has 210 valence electrons. The molecule has 3 nitrogen and oxygen atoms in total. The molecule has 1 spiro atoms. The second kappa shape index (κ2) is 8.90. The third kappa shape index (κ3) is 3.08. The summed E-state index contributed by atoms with van der Waals surface area (Å²) in [5.74, 6) is 0.681. The van der Waals surface area contributed by atoms with Crippen LogP contribution in [0.1, 0.15) is 43.2 Å². The van der Waals surface area contributed by atoms with Crippen molar-refractivity contribution in [3.63, 3.8) is 0 Å². The van der Waals surface area contributed by atoms with Gasteiger partial charge in [0.05, 0.1) is 22.1 Å². The zero-order chi connectivity index (χ0) is 29.0. The number of nitrogens with zero attached hydrogens (tertiary/aromatic N) is 3. The van der Waals surface area contributed by atoms with Crippen LogP contribution in [0.3, 0.4) is 0 Å². The van der Waals surface area contributed by atoms with Gasteiger partial charge in [0.2, 0.25) is 0 Å². The van der Waals surface area contributed by atoms with Crippen molar-refractivity contribution in [1.29, 1.82) is 0 Å². The standard InChI is InChI=1S/C40H28ClN3/c41-38-39(43-32-19-9-8-18-31(32)42-38)44-36-25-13-3-2-12-24(25)20-21-29(36)34-35-33(26-14-4-5-15-27(26)37(34)44)28-16-6-7-17-30(28)40(35)22-10-1-11-23-40/h2-9,12-21H,1,10-11,22-23H2. The molecule has 0 atom stereocenters. The summed E-state index contributed by atoms with van der Waals surface area (Å²) in [6.45, 7) is 0. The quantitative estimate of drug-likeness (QED) is 0.192. The fourth-order valence-corrected chi connectivity index (χ4v) is 8.95. The fourth-order valence-electron chi connectivity index (χ4n) is 8.73. The average Bonchev–Trinajstić information content (AvgIpc) is 3.56. The lowest BCUT2D eigenvalue weighted by Crippen LogP contribution is -2.28. The van der Waals surface area contributed by atoms with E-state index in [1.165, 1.54) is 92.2 Å². The Morgan fingerprint density at radius 2 is 1.27 bits per heavy atom. The Labute approximate surface area is 259 Å². The van der Waals surface area contributed by atoms with Crippen molar-refractivity contribution in [3.05, 3.63) is 125 Å². The van der Waals surface area contributed by atoms with E-state index in [9.17, 15) is 0 Å². The van der Waals surface area contributed by atoms with Crippen LogP contribution in [-0.2, 0) is 5.41 Å². The van der Waals surface area contributed by atoms with Crippen LogP contribution in [0.15, 0.2) is 109 Å². The third-order valence-corrected chi connectivity index (χ3v) is 10.7. The molecule has 2 aromatic heterocycles. The molecule has 2 aliphatic rings. The topological polar surface area (TPSA) is 30.7 Å². The van der Waals surface area contributed by atoms with Gasteiger partial charge in [0.15, 0.2) is 11.0 Å². The molecule has 8 aromatic rings. The molecule has 1 fully saturated rings. The van der Waals surface area contributed by atoms with Gasteiger partial charge in [0, 0.05) is 27.0 Å². The van der Waals surface area contributed by atoms with E-state index in [-0.39, 0.29) is 5.41 Å². The smallest absolute Gasteiger partial charge is 0.176 e. The molecule has 0 amide bonds. The molecule has 2 aliphatic carbocycles. The number of rotatable bonds is 1. The van der Waals surface area contributed by atoms with E-state index in [1.807, 2.05) is 24.3 Å². The van der Waals surface area contributed by atoms with E-state index in [2.05, 4.69) is 89.5 Å². The van der Waals surface area contributed by atoms with Crippen LogP contribution in [0.25, 0.3) is 71.3 Å². The van der Waals surface area contributed by atoms with Crippen molar-refractivity contribution >= 4 is 66.0 Å². The highest BCUT2D eigenvalue weighted by atomic mass is 35.5. The summed E-state index contributed by atoms with van der Waals surface area (Å²) < 4.78 is 2.34. The van der Waals surface area contributed by atoms with Crippen LogP contribution in [0.4, 0.5) is 0 Å². The normalized spacial score (nSPS) is 15.6. The Balaban J connectivity index is 1.51. The molecule has 4 heteroatoms. The van der Waals surface area contributed by atoms with Gasteiger partial charge in [-0.25, -0.2) is 9.97 Å². The lowest BCUT2D eigenvalue weighted by molar-refractivity contribution is 0.355. The number of hydrogen-bond acceptors (Lipinski definition) is 2. The highest BCUT2D eigenvalue weighted by Crippen LogP contribution is 2.61. The molecular weight excluding hydrogens is 558 g/mol. The van der Waals surface area contributed by atoms with Gasteiger partial charge in [-0.3, -0.25) is 4.57 Å². The number of benzene rings is 6. The Bertz CT molecular complexity index is 2500. The van der Waals surface area contributed by atoms with Gasteiger partial charge >= 0.3 is 0 Å². The molecule has 10 rings (SSSR count). The Kier molecular flexibility index (Phi) is 4.99. The first-order chi connectivity index (χ1) is 21.7. The largest absolute Gasteiger partial charge is 0.290 e. The molecule has 0 saturated heterocycles. The first-order valence-electron chi connectivity index (χ1n) is 15.7. The van der Waals surface area contributed by atoms with Crippen LogP contribution in [0.5, 0.6) is 0 Å². The number of halogens is 1.